The third kappa shape index (κ3) is 8.23. The molecule has 8 fully saturated rings. The molecule has 2 saturated heterocycles. The SMILES string of the molecule is C=C(C)[C@@H]1CC[C@]2(C(=O)NC3C[C@H](C(=O)N4CCCCC4)C3(C)C)CC[C@]3(C)C(CCC4[C@@]5(C)CC[C@H](OC(=O)CC(C)(C)C(=O)O)C(C)(C)C5CC[C@]43C)C12.CC1CCCC(C)N1. The number of nitrogens with one attached hydrogen (secondary N) is 2. The van der Waals surface area contributed by atoms with E-state index in [-0.39, 0.29) is 63.4 Å². The normalized spacial score (nSPS) is 43.3. The Bertz CT molecular complexity index is 1790. The molecule has 3 N–H and O–H groups in total. The van der Waals surface area contributed by atoms with Crippen LogP contribution in [0.3, 0.4) is 0 Å². The Morgan fingerprint density at radius 2 is 1.42 bits per heavy atom. The molecule has 362 valence electrons. The Morgan fingerprint density at radius 1 is 0.766 bits per heavy atom. The Labute approximate surface area is 388 Å². The van der Waals surface area contributed by atoms with Gasteiger partial charge in [-0.3, -0.25) is 19.2 Å². The number of aliphatic carboxylic acids is 1. The molecule has 9 nitrogen and oxygen atoms in total. The Balaban J connectivity index is 0.000000691. The number of hydrogen-bond donors (Lipinski definition) is 3. The van der Waals surface area contributed by atoms with Crippen LogP contribution in [0.2, 0.25) is 0 Å². The molecule has 2 amide bonds. The van der Waals surface area contributed by atoms with Crippen molar-refractivity contribution in [3.05, 3.63) is 12.2 Å². The summed E-state index contributed by atoms with van der Waals surface area (Å²) >= 11 is 0. The summed E-state index contributed by atoms with van der Waals surface area (Å²) in [5, 5.41) is 16.8. The number of esters is 1. The number of carbonyl (C=O) groups is 4. The van der Waals surface area contributed by atoms with Crippen LogP contribution < -0.4 is 10.6 Å². The number of carboxylic acid groups (broad SMARTS) is 1. The van der Waals surface area contributed by atoms with Gasteiger partial charge in [0.2, 0.25) is 11.8 Å². The number of nitrogens with zero attached hydrogens (tertiary/aromatic N) is 1. The first-order valence-electron chi connectivity index (χ1n) is 26.2. The predicted octanol–water partition coefficient (Wildman–Crippen LogP) is 11.1. The van der Waals surface area contributed by atoms with Crippen LogP contribution in [0.1, 0.15) is 199 Å². The van der Waals surface area contributed by atoms with Crippen LogP contribution in [-0.4, -0.2) is 71.1 Å². The summed E-state index contributed by atoms with van der Waals surface area (Å²) in [6.45, 7) is 33.0. The maximum absolute atomic E-state index is 15.0. The molecule has 6 saturated carbocycles. The number of likely N-dealkylation sites (tertiary alicyclic amines) is 1. The van der Waals surface area contributed by atoms with Crippen molar-refractivity contribution in [2.75, 3.05) is 13.1 Å². The van der Waals surface area contributed by atoms with Crippen molar-refractivity contribution in [1.82, 2.24) is 15.5 Å². The summed E-state index contributed by atoms with van der Waals surface area (Å²) in [7, 11) is 0. The fourth-order valence-electron chi connectivity index (χ4n) is 17.0. The molecule has 64 heavy (non-hydrogen) atoms. The summed E-state index contributed by atoms with van der Waals surface area (Å²) in [6, 6.07) is 1.54. The number of carboxylic acids is 1. The Kier molecular flexibility index (Phi) is 13.6. The average Bonchev–Trinajstić information content (AvgIpc) is 3.62. The van der Waals surface area contributed by atoms with E-state index in [0.717, 1.165) is 109 Å². The van der Waals surface area contributed by atoms with Gasteiger partial charge in [0.25, 0.3) is 0 Å². The lowest BCUT2D eigenvalue weighted by atomic mass is 9.32. The molecule has 2 heterocycles. The number of carbonyl (C=O) groups excluding carboxylic acids is 3. The number of amides is 2. The first kappa shape index (κ1) is 49.5. The van der Waals surface area contributed by atoms with Gasteiger partial charge >= 0.3 is 11.9 Å². The van der Waals surface area contributed by atoms with Gasteiger partial charge in [-0.25, -0.2) is 0 Å². The highest BCUT2D eigenvalue weighted by molar-refractivity contribution is 5.86. The highest BCUT2D eigenvalue weighted by Gasteiger charge is 2.72. The van der Waals surface area contributed by atoms with E-state index < -0.39 is 22.8 Å². The van der Waals surface area contributed by atoms with Crippen LogP contribution >= 0.6 is 0 Å². The van der Waals surface area contributed by atoms with Gasteiger partial charge in [-0.2, -0.15) is 0 Å². The molecule has 2 aliphatic heterocycles. The minimum atomic E-state index is -1.16. The van der Waals surface area contributed by atoms with Gasteiger partial charge in [0.05, 0.1) is 17.3 Å². The molecular weight excluding hydrogens is 799 g/mol. The standard InChI is InChI=1S/C48H76N2O6.C7H15N/c1-29(2)30-17-22-48(40(53)49-35-27-32(43(35,5)6)39(52)50-25-13-12-14-26-50)24-23-46(10)31(38(30)48)15-16-34-45(9)20-19-36(56-37(51)28-42(3,4)41(54)55)44(7,8)33(45)18-21-47(34,46)11;1-6-4-3-5-7(2)8-6/h30-36,38H,1,12-28H2,2-11H3,(H,49,53)(H,54,55);6-8H,3-5H2,1-2H3/t30-,31?,32+,33?,34?,35?,36-,38?,45-,46+,47+,48-;/m0./s1. The smallest absolute Gasteiger partial charge is 0.309 e. The van der Waals surface area contributed by atoms with Gasteiger partial charge in [-0.1, -0.05) is 67.0 Å². The second kappa shape index (κ2) is 17.6. The molecule has 8 rings (SSSR count). The minimum absolute atomic E-state index is 0.0193. The van der Waals surface area contributed by atoms with Crippen molar-refractivity contribution < 1.29 is 29.0 Å². The predicted molar refractivity (Wildman–Crippen MR) is 255 cm³/mol. The number of ether oxygens (including phenoxy) is 1. The molecule has 0 spiro atoms. The summed E-state index contributed by atoms with van der Waals surface area (Å²) in [5.74, 6) is 1.12. The van der Waals surface area contributed by atoms with Gasteiger partial charge < -0.3 is 25.4 Å². The third-order valence-corrected chi connectivity index (χ3v) is 21.3. The van der Waals surface area contributed by atoms with Crippen molar-refractivity contribution in [3.8, 4) is 0 Å². The Hall–Kier alpha value is -2.42. The molecular formula is C55H91N3O6. The van der Waals surface area contributed by atoms with Crippen LogP contribution in [0, 0.1) is 73.4 Å². The molecule has 14 atom stereocenters. The van der Waals surface area contributed by atoms with Crippen LogP contribution in [-0.2, 0) is 23.9 Å². The summed E-state index contributed by atoms with van der Waals surface area (Å²) in [5.41, 5.74) is -0.492. The van der Waals surface area contributed by atoms with Crippen LogP contribution in [0.5, 0.6) is 0 Å². The van der Waals surface area contributed by atoms with E-state index in [9.17, 15) is 19.5 Å². The fourth-order valence-corrected chi connectivity index (χ4v) is 17.0. The van der Waals surface area contributed by atoms with Crippen LogP contribution in [0.4, 0.5) is 0 Å². The number of hydrogen-bond acceptors (Lipinski definition) is 6. The monoisotopic (exact) mass is 890 g/mol. The average molecular weight is 890 g/mol. The minimum Gasteiger partial charge on any atom is -0.481 e. The number of allylic oxidation sites excluding steroid dienone is 1. The first-order valence-corrected chi connectivity index (χ1v) is 26.2. The number of fused-ring (bicyclic) bond motifs is 7. The van der Waals surface area contributed by atoms with E-state index in [0.29, 0.717) is 29.6 Å². The van der Waals surface area contributed by atoms with E-state index >= 15 is 4.79 Å². The second-order valence-corrected chi connectivity index (χ2v) is 26.0. The molecule has 7 unspecified atom stereocenters. The highest BCUT2D eigenvalue weighted by atomic mass is 16.5. The topological polar surface area (TPSA) is 125 Å². The summed E-state index contributed by atoms with van der Waals surface area (Å²) in [4.78, 5) is 55.6. The number of piperidine rings is 2. The van der Waals surface area contributed by atoms with Gasteiger partial charge in [0.1, 0.15) is 6.10 Å². The fraction of sp³-hybridized carbons (Fsp3) is 0.891. The first-order chi connectivity index (χ1) is 29.8. The molecule has 0 aromatic heterocycles. The van der Waals surface area contributed by atoms with Crippen molar-refractivity contribution in [1.29, 1.82) is 0 Å². The zero-order valence-electron chi connectivity index (χ0n) is 42.6. The summed E-state index contributed by atoms with van der Waals surface area (Å²) < 4.78 is 6.20. The summed E-state index contributed by atoms with van der Waals surface area (Å²) in [6.07, 6.45) is 18.2. The van der Waals surface area contributed by atoms with Gasteiger partial charge in [0.15, 0.2) is 0 Å². The number of rotatable bonds is 8. The van der Waals surface area contributed by atoms with Gasteiger partial charge in [-0.15, -0.1) is 0 Å². The van der Waals surface area contributed by atoms with Crippen molar-refractivity contribution >= 4 is 23.8 Å². The zero-order chi connectivity index (χ0) is 47.0. The lowest BCUT2D eigenvalue weighted by Gasteiger charge is -2.73. The molecule has 9 heteroatoms. The lowest BCUT2D eigenvalue weighted by molar-refractivity contribution is -0.249. The largest absolute Gasteiger partial charge is 0.481 e. The molecule has 0 aromatic carbocycles. The van der Waals surface area contributed by atoms with Crippen LogP contribution in [0.25, 0.3) is 0 Å². The van der Waals surface area contributed by atoms with Gasteiger partial charge in [-0.05, 0) is 189 Å². The highest BCUT2D eigenvalue weighted by Crippen LogP contribution is 2.77. The van der Waals surface area contributed by atoms with E-state index in [1.54, 1.807) is 13.8 Å². The zero-order valence-corrected chi connectivity index (χ0v) is 42.6. The molecule has 0 bridgehead atoms. The second-order valence-electron chi connectivity index (χ2n) is 26.0. The maximum Gasteiger partial charge on any atom is 0.309 e. The molecule has 0 radical (unpaired) electrons. The molecule has 6 aliphatic carbocycles. The van der Waals surface area contributed by atoms with Crippen LogP contribution in [0.15, 0.2) is 12.2 Å². The lowest BCUT2D eigenvalue weighted by Crippen LogP contribution is -2.68. The molecule has 0 aromatic rings. The van der Waals surface area contributed by atoms with E-state index in [2.05, 4.69) is 91.3 Å². The quantitative estimate of drug-likeness (QED) is 0.164. The molecule has 8 aliphatic rings. The maximum atomic E-state index is 15.0. The van der Waals surface area contributed by atoms with E-state index in [1.807, 2.05) is 0 Å². The van der Waals surface area contributed by atoms with Crippen molar-refractivity contribution in [2.45, 2.75) is 223 Å². The van der Waals surface area contributed by atoms with Gasteiger partial charge in [0, 0.05) is 42.5 Å². The van der Waals surface area contributed by atoms with Crippen molar-refractivity contribution in [3.63, 3.8) is 0 Å². The van der Waals surface area contributed by atoms with E-state index in [1.165, 1.54) is 31.3 Å². The third-order valence-electron chi connectivity index (χ3n) is 21.3. The van der Waals surface area contributed by atoms with Crippen molar-refractivity contribution in [2.24, 2.45) is 73.4 Å². The Morgan fingerprint density at radius 3 is 2.00 bits per heavy atom. The van der Waals surface area contributed by atoms with E-state index in [4.69, 9.17) is 4.74 Å².